The molecule has 7 nitrogen and oxygen atoms in total. The molecule has 1 saturated carbocycles. The third-order valence-corrected chi connectivity index (χ3v) is 4.77. The average molecular weight is 392 g/mol. The number of carbonyl (C=O) groups excluding carboxylic acids is 4. The van der Waals surface area contributed by atoms with Crippen LogP contribution in [0.15, 0.2) is 24.3 Å². The van der Waals surface area contributed by atoms with Crippen LogP contribution >= 0.6 is 0 Å². The molecule has 0 heterocycles. The van der Waals surface area contributed by atoms with Gasteiger partial charge < -0.3 is 15.4 Å². The van der Waals surface area contributed by atoms with Crippen LogP contribution in [0.5, 0.6) is 0 Å². The quantitative estimate of drug-likeness (QED) is 0.681. The number of rotatable bonds is 7. The van der Waals surface area contributed by atoms with Gasteiger partial charge in [0, 0.05) is 26.2 Å². The monoisotopic (exact) mass is 392 g/mol. The second kappa shape index (κ2) is 9.96. The van der Waals surface area contributed by atoms with E-state index in [1.165, 1.54) is 32.2 Å². The molecule has 0 unspecified atom stereocenters. The fourth-order valence-corrected chi connectivity index (χ4v) is 3.45. The molecule has 0 spiro atoms. The van der Waals surface area contributed by atoms with Crippen LogP contribution in [0.1, 0.15) is 38.2 Å². The zero-order chi connectivity index (χ0) is 20.7. The summed E-state index contributed by atoms with van der Waals surface area (Å²) in [5.74, 6) is -2.43. The Hall–Kier alpha value is -2.77. The van der Waals surface area contributed by atoms with Crippen molar-refractivity contribution in [2.75, 3.05) is 7.11 Å². The number of methoxy groups -OCH3 is 1. The van der Waals surface area contributed by atoms with Crippen LogP contribution in [0.2, 0.25) is 0 Å². The summed E-state index contributed by atoms with van der Waals surface area (Å²) in [5.41, 5.74) is 0.524. The lowest BCUT2D eigenvalue weighted by Crippen LogP contribution is -2.55. The number of halogens is 1. The number of nitrogens with one attached hydrogen (secondary N) is 2. The SMILES string of the molecule is COC(=O)[C@@H](NC(=O)[C@H](Cc1cccc(F)c1)NC(C)=O)[C@@H]1CCCC(=O)C1. The molecule has 2 amide bonds. The van der Waals surface area contributed by atoms with Crippen LogP contribution in [-0.4, -0.2) is 42.8 Å². The normalized spacial score (nSPS) is 18.7. The molecule has 0 radical (unpaired) electrons. The maximum Gasteiger partial charge on any atom is 0.328 e. The predicted molar refractivity (Wildman–Crippen MR) is 98.6 cm³/mol. The van der Waals surface area contributed by atoms with Gasteiger partial charge in [0.2, 0.25) is 11.8 Å². The van der Waals surface area contributed by atoms with Gasteiger partial charge in [-0.1, -0.05) is 12.1 Å². The molecular formula is C20H25FN2O5. The van der Waals surface area contributed by atoms with E-state index in [9.17, 15) is 23.6 Å². The van der Waals surface area contributed by atoms with E-state index in [0.717, 1.165) is 0 Å². The van der Waals surface area contributed by atoms with Crippen molar-refractivity contribution in [3.63, 3.8) is 0 Å². The maximum absolute atomic E-state index is 13.4. The molecule has 0 bridgehead atoms. The fraction of sp³-hybridized carbons (Fsp3) is 0.500. The van der Waals surface area contributed by atoms with Gasteiger partial charge in [-0.15, -0.1) is 0 Å². The summed E-state index contributed by atoms with van der Waals surface area (Å²) in [5, 5.41) is 5.15. The molecule has 28 heavy (non-hydrogen) atoms. The van der Waals surface area contributed by atoms with Crippen LogP contribution in [0.3, 0.4) is 0 Å². The Morgan fingerprint density at radius 3 is 2.64 bits per heavy atom. The van der Waals surface area contributed by atoms with Crippen molar-refractivity contribution in [1.82, 2.24) is 10.6 Å². The molecule has 8 heteroatoms. The lowest BCUT2D eigenvalue weighted by molar-refractivity contribution is -0.147. The molecule has 0 saturated heterocycles. The minimum Gasteiger partial charge on any atom is -0.467 e. The highest BCUT2D eigenvalue weighted by atomic mass is 19.1. The van der Waals surface area contributed by atoms with Crippen LogP contribution in [0.4, 0.5) is 4.39 Å². The van der Waals surface area contributed by atoms with Gasteiger partial charge in [0.05, 0.1) is 7.11 Å². The summed E-state index contributed by atoms with van der Waals surface area (Å²) < 4.78 is 18.2. The zero-order valence-corrected chi connectivity index (χ0v) is 16.0. The van der Waals surface area contributed by atoms with Crippen LogP contribution in [0.25, 0.3) is 0 Å². The van der Waals surface area contributed by atoms with Crippen LogP contribution in [0, 0.1) is 11.7 Å². The number of ether oxygens (including phenoxy) is 1. The van der Waals surface area contributed by atoms with E-state index in [2.05, 4.69) is 10.6 Å². The first-order chi connectivity index (χ1) is 13.3. The summed E-state index contributed by atoms with van der Waals surface area (Å²) in [7, 11) is 1.21. The van der Waals surface area contributed by atoms with E-state index < -0.39 is 35.7 Å². The maximum atomic E-state index is 13.4. The Balaban J connectivity index is 2.16. The molecule has 1 aliphatic carbocycles. The third-order valence-electron chi connectivity index (χ3n) is 4.77. The smallest absolute Gasteiger partial charge is 0.328 e. The molecular weight excluding hydrogens is 367 g/mol. The van der Waals surface area contributed by atoms with Crippen molar-refractivity contribution in [2.24, 2.45) is 5.92 Å². The fourth-order valence-electron chi connectivity index (χ4n) is 3.45. The van der Waals surface area contributed by atoms with Gasteiger partial charge in [-0.25, -0.2) is 9.18 Å². The second-order valence-corrected chi connectivity index (χ2v) is 6.99. The van der Waals surface area contributed by atoms with Gasteiger partial charge in [0.15, 0.2) is 0 Å². The van der Waals surface area contributed by atoms with E-state index in [-0.39, 0.29) is 24.5 Å². The van der Waals surface area contributed by atoms with Crippen molar-refractivity contribution in [1.29, 1.82) is 0 Å². The summed E-state index contributed by atoms with van der Waals surface area (Å²) in [6.45, 7) is 1.27. The van der Waals surface area contributed by atoms with E-state index in [0.29, 0.717) is 24.8 Å². The Morgan fingerprint density at radius 1 is 1.29 bits per heavy atom. The molecule has 2 N–H and O–H groups in total. The van der Waals surface area contributed by atoms with Crippen molar-refractivity contribution in [3.05, 3.63) is 35.6 Å². The Bertz CT molecular complexity index is 752. The molecule has 1 fully saturated rings. The lowest BCUT2D eigenvalue weighted by Gasteiger charge is -2.29. The number of hydrogen-bond donors (Lipinski definition) is 2. The minimum atomic E-state index is -0.995. The highest BCUT2D eigenvalue weighted by Gasteiger charge is 2.35. The van der Waals surface area contributed by atoms with Crippen LogP contribution < -0.4 is 10.6 Å². The number of hydrogen-bond acceptors (Lipinski definition) is 5. The van der Waals surface area contributed by atoms with Crippen molar-refractivity contribution in [2.45, 2.75) is 51.1 Å². The molecule has 3 atom stereocenters. The molecule has 0 aromatic heterocycles. The molecule has 1 aromatic rings. The first kappa shape index (κ1) is 21.5. The van der Waals surface area contributed by atoms with Crippen molar-refractivity contribution >= 4 is 23.6 Å². The number of benzene rings is 1. The summed E-state index contributed by atoms with van der Waals surface area (Å²) in [6, 6.07) is 3.74. The number of Topliss-reactive ketones (excluding diaryl/α,β-unsaturated/α-hetero) is 1. The number of ketones is 1. The number of amides is 2. The molecule has 152 valence electrons. The standard InChI is InChI=1S/C20H25FN2O5/c1-12(24)22-17(10-13-5-3-7-15(21)9-13)19(26)23-18(20(27)28-2)14-6-4-8-16(25)11-14/h3,5,7,9,14,17-18H,4,6,8,10-11H2,1-2H3,(H,22,24)(H,23,26)/t14-,17+,18+/m1/s1. The second-order valence-electron chi connectivity index (χ2n) is 6.99. The Labute approximate surface area is 163 Å². The van der Waals surface area contributed by atoms with Gasteiger partial charge in [0.25, 0.3) is 0 Å². The highest BCUT2D eigenvalue weighted by molar-refractivity contribution is 5.91. The van der Waals surface area contributed by atoms with Gasteiger partial charge in [0.1, 0.15) is 23.7 Å². The Morgan fingerprint density at radius 2 is 2.04 bits per heavy atom. The summed E-state index contributed by atoms with van der Waals surface area (Å²) >= 11 is 0. The van der Waals surface area contributed by atoms with E-state index in [1.807, 2.05) is 0 Å². The van der Waals surface area contributed by atoms with Gasteiger partial charge in [-0.3, -0.25) is 14.4 Å². The number of esters is 1. The largest absolute Gasteiger partial charge is 0.467 e. The van der Waals surface area contributed by atoms with E-state index >= 15 is 0 Å². The van der Waals surface area contributed by atoms with Crippen LogP contribution in [-0.2, 0) is 30.3 Å². The van der Waals surface area contributed by atoms with Gasteiger partial charge >= 0.3 is 5.97 Å². The zero-order valence-electron chi connectivity index (χ0n) is 16.0. The van der Waals surface area contributed by atoms with Crippen molar-refractivity contribution in [3.8, 4) is 0 Å². The minimum absolute atomic E-state index is 0.0394. The lowest BCUT2D eigenvalue weighted by atomic mass is 9.83. The summed E-state index contributed by atoms with van der Waals surface area (Å²) in [4.78, 5) is 48.3. The van der Waals surface area contributed by atoms with Gasteiger partial charge in [-0.05, 0) is 36.5 Å². The highest BCUT2D eigenvalue weighted by Crippen LogP contribution is 2.25. The number of carbonyl (C=O) groups is 4. The predicted octanol–water partition coefficient (Wildman–Crippen LogP) is 1.29. The topological polar surface area (TPSA) is 102 Å². The molecule has 1 aromatic carbocycles. The molecule has 0 aliphatic heterocycles. The first-order valence-electron chi connectivity index (χ1n) is 9.21. The average Bonchev–Trinajstić information content (AvgIpc) is 2.64. The summed E-state index contributed by atoms with van der Waals surface area (Å²) in [6.07, 6.45) is 1.97. The molecule has 2 rings (SSSR count). The Kier molecular flexibility index (Phi) is 7.66. The van der Waals surface area contributed by atoms with E-state index in [4.69, 9.17) is 4.74 Å². The van der Waals surface area contributed by atoms with E-state index in [1.54, 1.807) is 6.07 Å². The third kappa shape index (κ3) is 6.14. The first-order valence-corrected chi connectivity index (χ1v) is 9.21. The molecule has 1 aliphatic rings. The van der Waals surface area contributed by atoms with Gasteiger partial charge in [-0.2, -0.15) is 0 Å². The van der Waals surface area contributed by atoms with Crippen molar-refractivity contribution < 1.29 is 28.3 Å².